The number of rotatable bonds is 5. The molecule has 4 aliphatic heterocycles. The smallest absolute Gasteiger partial charge is 0.251 e. The third kappa shape index (κ3) is 2.81. The standard InChI is InChI=1S/C32H31N3O5/c1-4-18-11-14-24-22(16-18)32(30(38)34-24)31(21-8-5-6-9-23(21)33-29(31)37)27(25-10-7-15-35(25)32)28(36)20-13-12-19(39-2)17-26(20)40-3/h5-6,8-9,11-14,16-17,25,27H,4,7,10,15H2,1-3H3,(H,33,37)(H,34,38). The largest absolute Gasteiger partial charge is 0.497 e. The van der Waals surface area contributed by atoms with E-state index in [1.165, 1.54) is 7.11 Å². The minimum atomic E-state index is -1.49. The van der Waals surface area contributed by atoms with Crippen LogP contribution in [-0.2, 0) is 27.0 Å². The van der Waals surface area contributed by atoms with E-state index >= 15 is 0 Å². The van der Waals surface area contributed by atoms with E-state index in [4.69, 9.17) is 9.47 Å². The average molecular weight is 538 g/mol. The minimum absolute atomic E-state index is 0.215. The summed E-state index contributed by atoms with van der Waals surface area (Å²) in [7, 11) is 3.08. The number of aryl methyl sites for hydroxylation is 1. The van der Waals surface area contributed by atoms with Crippen molar-refractivity contribution in [1.82, 2.24) is 4.90 Å². The lowest BCUT2D eigenvalue weighted by Crippen LogP contribution is -2.62. The molecule has 4 aliphatic rings. The summed E-state index contributed by atoms with van der Waals surface area (Å²) >= 11 is 0. The predicted octanol–water partition coefficient (Wildman–Crippen LogP) is 4.28. The Morgan fingerprint density at radius 1 is 0.950 bits per heavy atom. The Kier molecular flexibility index (Phi) is 5.38. The van der Waals surface area contributed by atoms with Crippen LogP contribution < -0.4 is 20.1 Å². The summed E-state index contributed by atoms with van der Waals surface area (Å²) in [6.45, 7) is 2.68. The lowest BCUT2D eigenvalue weighted by atomic mass is 9.57. The highest BCUT2D eigenvalue weighted by Gasteiger charge is 2.81. The van der Waals surface area contributed by atoms with Crippen LogP contribution in [0.15, 0.2) is 60.7 Å². The molecule has 0 aromatic heterocycles. The molecule has 3 aromatic carbocycles. The number of carbonyl (C=O) groups excluding carboxylic acids is 3. The number of nitrogens with zero attached hydrogens (tertiary/aromatic N) is 1. The van der Waals surface area contributed by atoms with Crippen LogP contribution in [0.3, 0.4) is 0 Å². The molecule has 40 heavy (non-hydrogen) atoms. The number of hydrogen-bond donors (Lipinski definition) is 2. The van der Waals surface area contributed by atoms with Crippen molar-refractivity contribution < 1.29 is 23.9 Å². The van der Waals surface area contributed by atoms with Crippen LogP contribution in [0.4, 0.5) is 11.4 Å². The maximum Gasteiger partial charge on any atom is 0.251 e. The van der Waals surface area contributed by atoms with Crippen molar-refractivity contribution in [3.05, 3.63) is 82.9 Å². The molecule has 8 nitrogen and oxygen atoms in total. The molecule has 2 N–H and O–H groups in total. The second-order valence-electron chi connectivity index (χ2n) is 11.0. The van der Waals surface area contributed by atoms with Crippen LogP contribution in [0.1, 0.15) is 46.8 Å². The molecule has 3 aromatic rings. The highest BCUT2D eigenvalue weighted by molar-refractivity contribution is 6.21. The van der Waals surface area contributed by atoms with Crippen molar-refractivity contribution in [1.29, 1.82) is 0 Å². The molecule has 7 rings (SSSR count). The predicted molar refractivity (Wildman–Crippen MR) is 150 cm³/mol. The van der Waals surface area contributed by atoms with Crippen LogP contribution in [0.5, 0.6) is 11.5 Å². The van der Waals surface area contributed by atoms with E-state index in [1.54, 1.807) is 25.3 Å². The number of amides is 2. The first-order valence-corrected chi connectivity index (χ1v) is 13.8. The molecule has 2 saturated heterocycles. The molecule has 4 heterocycles. The molecule has 2 spiro atoms. The number of para-hydroxylation sites is 1. The van der Waals surface area contributed by atoms with Gasteiger partial charge in [-0.2, -0.15) is 0 Å². The van der Waals surface area contributed by atoms with Crippen molar-refractivity contribution in [2.75, 3.05) is 31.4 Å². The molecule has 0 radical (unpaired) electrons. The summed E-state index contributed by atoms with van der Waals surface area (Å²) in [5, 5.41) is 6.21. The van der Waals surface area contributed by atoms with E-state index in [2.05, 4.69) is 28.5 Å². The van der Waals surface area contributed by atoms with Crippen molar-refractivity contribution in [2.24, 2.45) is 5.92 Å². The van der Waals surface area contributed by atoms with Gasteiger partial charge in [-0.05, 0) is 61.2 Å². The number of ketones is 1. The second-order valence-corrected chi connectivity index (χ2v) is 11.0. The summed E-state index contributed by atoms with van der Waals surface area (Å²) in [4.78, 5) is 46.2. The van der Waals surface area contributed by atoms with Crippen molar-refractivity contribution in [3.8, 4) is 11.5 Å². The number of carbonyl (C=O) groups is 3. The number of hydrogen-bond acceptors (Lipinski definition) is 6. The molecule has 8 heteroatoms. The summed E-state index contributed by atoms with van der Waals surface area (Å²) < 4.78 is 11.0. The zero-order valence-corrected chi connectivity index (χ0v) is 22.7. The number of Topliss-reactive ketones (excluding diaryl/α,β-unsaturated/α-hetero) is 1. The van der Waals surface area contributed by atoms with Gasteiger partial charge in [-0.15, -0.1) is 0 Å². The Morgan fingerprint density at radius 2 is 1.73 bits per heavy atom. The monoisotopic (exact) mass is 537 g/mol. The molecular formula is C32H31N3O5. The summed E-state index contributed by atoms with van der Waals surface area (Å²) in [5.74, 6) is -0.684. The van der Waals surface area contributed by atoms with Crippen molar-refractivity contribution in [2.45, 2.75) is 43.2 Å². The van der Waals surface area contributed by atoms with E-state index in [-0.39, 0.29) is 23.6 Å². The Hall–Kier alpha value is -4.17. The second kappa shape index (κ2) is 8.66. The van der Waals surface area contributed by atoms with Gasteiger partial charge in [0.05, 0.1) is 25.7 Å². The van der Waals surface area contributed by atoms with Crippen LogP contribution in [0.25, 0.3) is 0 Å². The van der Waals surface area contributed by atoms with Gasteiger partial charge in [0.1, 0.15) is 22.5 Å². The topological polar surface area (TPSA) is 97.0 Å². The number of benzene rings is 3. The van der Waals surface area contributed by atoms with Crippen molar-refractivity contribution in [3.63, 3.8) is 0 Å². The fourth-order valence-corrected chi connectivity index (χ4v) is 8.02. The highest BCUT2D eigenvalue weighted by atomic mass is 16.5. The summed E-state index contributed by atoms with van der Waals surface area (Å²) in [5.41, 5.74) is 1.36. The maximum atomic E-state index is 14.9. The Balaban J connectivity index is 1.56. The minimum Gasteiger partial charge on any atom is -0.497 e. The fourth-order valence-electron chi connectivity index (χ4n) is 8.02. The van der Waals surface area contributed by atoms with Gasteiger partial charge < -0.3 is 20.1 Å². The number of fused-ring (bicyclic) bond motifs is 7. The molecule has 0 saturated carbocycles. The van der Waals surface area contributed by atoms with E-state index in [9.17, 15) is 14.4 Å². The normalized spacial score (nSPS) is 27.9. The Bertz CT molecular complexity index is 1600. The van der Waals surface area contributed by atoms with Gasteiger partial charge in [-0.1, -0.05) is 37.3 Å². The zero-order valence-electron chi connectivity index (χ0n) is 22.7. The van der Waals surface area contributed by atoms with Gasteiger partial charge in [0, 0.05) is 29.0 Å². The van der Waals surface area contributed by atoms with Crippen LogP contribution in [0.2, 0.25) is 0 Å². The molecule has 0 aliphatic carbocycles. The summed E-state index contributed by atoms with van der Waals surface area (Å²) in [6, 6.07) is 18.3. The van der Waals surface area contributed by atoms with Gasteiger partial charge in [0.2, 0.25) is 5.91 Å². The molecule has 4 unspecified atom stereocenters. The van der Waals surface area contributed by atoms with Gasteiger partial charge in [0.15, 0.2) is 5.78 Å². The quantitative estimate of drug-likeness (QED) is 0.472. The van der Waals surface area contributed by atoms with Gasteiger partial charge in [-0.3, -0.25) is 19.3 Å². The highest BCUT2D eigenvalue weighted by Crippen LogP contribution is 2.68. The number of anilines is 2. The first-order valence-electron chi connectivity index (χ1n) is 13.8. The fraction of sp³-hybridized carbons (Fsp3) is 0.344. The van der Waals surface area contributed by atoms with Crippen LogP contribution >= 0.6 is 0 Å². The maximum absolute atomic E-state index is 14.9. The van der Waals surface area contributed by atoms with Gasteiger partial charge in [-0.25, -0.2) is 0 Å². The Labute approximate surface area is 232 Å². The zero-order chi connectivity index (χ0) is 27.8. The SMILES string of the molecule is CCc1ccc2c(c1)C1(C(=O)N2)N2CCCC2C(C(=O)c2ccc(OC)cc2OC)C12C(=O)Nc1ccccc12. The third-order valence-corrected chi connectivity index (χ3v) is 9.53. The summed E-state index contributed by atoms with van der Waals surface area (Å²) in [6.07, 6.45) is 2.30. The molecule has 2 amide bonds. The number of ether oxygens (including phenoxy) is 2. The first kappa shape index (κ1) is 24.8. The molecule has 4 atom stereocenters. The van der Waals surface area contributed by atoms with Gasteiger partial charge >= 0.3 is 0 Å². The van der Waals surface area contributed by atoms with Crippen LogP contribution in [0, 0.1) is 5.92 Å². The lowest BCUT2D eigenvalue weighted by molar-refractivity contribution is -0.137. The number of methoxy groups -OCH3 is 2. The van der Waals surface area contributed by atoms with E-state index in [1.807, 2.05) is 36.4 Å². The molecule has 204 valence electrons. The first-order chi connectivity index (χ1) is 19.4. The Morgan fingerprint density at radius 3 is 2.50 bits per heavy atom. The van der Waals surface area contributed by atoms with E-state index in [0.29, 0.717) is 47.0 Å². The van der Waals surface area contributed by atoms with Gasteiger partial charge in [0.25, 0.3) is 5.91 Å². The third-order valence-electron chi connectivity index (χ3n) is 9.53. The van der Waals surface area contributed by atoms with E-state index < -0.39 is 16.9 Å². The van der Waals surface area contributed by atoms with Crippen molar-refractivity contribution >= 4 is 29.0 Å². The molecule has 0 bridgehead atoms. The molecular weight excluding hydrogens is 506 g/mol. The average Bonchev–Trinajstić information content (AvgIpc) is 3.70. The van der Waals surface area contributed by atoms with E-state index in [0.717, 1.165) is 24.0 Å². The number of nitrogens with one attached hydrogen (secondary N) is 2. The van der Waals surface area contributed by atoms with Crippen LogP contribution in [-0.4, -0.2) is 49.3 Å². The lowest BCUT2D eigenvalue weighted by Gasteiger charge is -2.43. The molecule has 2 fully saturated rings.